The summed E-state index contributed by atoms with van der Waals surface area (Å²) < 4.78 is 20.8. The summed E-state index contributed by atoms with van der Waals surface area (Å²) in [6.45, 7) is 2.79. The van der Waals surface area contributed by atoms with Gasteiger partial charge in [0.15, 0.2) is 11.5 Å². The average Bonchev–Trinajstić information content (AvgIpc) is 3.59. The fourth-order valence-electron chi connectivity index (χ4n) is 4.32. The predicted molar refractivity (Wildman–Crippen MR) is 128 cm³/mol. The predicted octanol–water partition coefficient (Wildman–Crippen LogP) is 3.75. The van der Waals surface area contributed by atoms with Gasteiger partial charge >= 0.3 is 0 Å². The third-order valence-corrected chi connectivity index (χ3v) is 7.12. The van der Waals surface area contributed by atoms with Crippen molar-refractivity contribution in [1.29, 1.82) is 0 Å². The fraction of sp³-hybridized carbons (Fsp3) is 0.320. The number of amides is 1. The van der Waals surface area contributed by atoms with E-state index < -0.39 is 0 Å². The molecule has 0 saturated carbocycles. The number of carbonyl (C=O) groups excluding carboxylic acids is 1. The molecule has 0 radical (unpaired) electrons. The third kappa shape index (κ3) is 4.24. The van der Waals surface area contributed by atoms with Crippen molar-refractivity contribution in [3.63, 3.8) is 0 Å². The Hall–Kier alpha value is -3.43. The van der Waals surface area contributed by atoms with E-state index in [0.29, 0.717) is 44.4 Å². The van der Waals surface area contributed by atoms with Gasteiger partial charge in [0.1, 0.15) is 24.3 Å². The Bertz CT molecular complexity index is 1280. The molecule has 6 rings (SSSR count). The van der Waals surface area contributed by atoms with Gasteiger partial charge in [-0.2, -0.15) is 5.10 Å². The van der Waals surface area contributed by atoms with Crippen molar-refractivity contribution in [2.24, 2.45) is 0 Å². The molecular formula is C25H24N4O4S. The Morgan fingerprint density at radius 3 is 2.97 bits per heavy atom. The molecule has 174 valence electrons. The van der Waals surface area contributed by atoms with Crippen LogP contribution in [-0.2, 0) is 22.6 Å². The zero-order valence-corrected chi connectivity index (χ0v) is 19.4. The first-order valence-electron chi connectivity index (χ1n) is 11.4. The van der Waals surface area contributed by atoms with Gasteiger partial charge in [-0.15, -0.1) is 11.3 Å². The Kier molecular flexibility index (Phi) is 5.64. The topological polar surface area (TPSA) is 78.7 Å². The van der Waals surface area contributed by atoms with Gasteiger partial charge in [-0.05, 0) is 30.3 Å². The van der Waals surface area contributed by atoms with Crippen LogP contribution in [0.3, 0.4) is 0 Å². The lowest BCUT2D eigenvalue weighted by atomic mass is 10.1. The summed E-state index contributed by atoms with van der Waals surface area (Å²) >= 11 is 1.64. The fourth-order valence-corrected chi connectivity index (χ4v) is 5.27. The Labute approximate surface area is 200 Å². The van der Waals surface area contributed by atoms with E-state index in [-0.39, 0.29) is 18.6 Å². The zero-order valence-electron chi connectivity index (χ0n) is 18.6. The van der Waals surface area contributed by atoms with Gasteiger partial charge in [0, 0.05) is 36.5 Å². The number of hydrogen-bond donors (Lipinski definition) is 0. The quantitative estimate of drug-likeness (QED) is 0.437. The highest BCUT2D eigenvalue weighted by Gasteiger charge is 2.27. The maximum atomic E-state index is 13.0. The second-order valence-corrected chi connectivity index (χ2v) is 9.45. The van der Waals surface area contributed by atoms with Crippen LogP contribution < -0.4 is 9.47 Å². The summed E-state index contributed by atoms with van der Waals surface area (Å²) in [6.07, 6.45) is 4.30. The van der Waals surface area contributed by atoms with Crippen molar-refractivity contribution in [1.82, 2.24) is 19.7 Å². The molecule has 2 aliphatic heterocycles. The Morgan fingerprint density at radius 1 is 1.21 bits per heavy atom. The van der Waals surface area contributed by atoms with Crippen LogP contribution >= 0.6 is 11.3 Å². The number of benzene rings is 2. The third-order valence-electron chi connectivity index (χ3n) is 6.03. The number of ether oxygens (including phenoxy) is 3. The van der Waals surface area contributed by atoms with Gasteiger partial charge < -0.3 is 19.1 Å². The van der Waals surface area contributed by atoms with E-state index in [1.165, 1.54) is 0 Å². The minimum absolute atomic E-state index is 0.00259. The lowest BCUT2D eigenvalue weighted by molar-refractivity contribution is -0.132. The van der Waals surface area contributed by atoms with Gasteiger partial charge in [-0.3, -0.25) is 9.48 Å². The smallest absolute Gasteiger partial charge is 0.244 e. The molecule has 0 unspecified atom stereocenters. The lowest BCUT2D eigenvalue weighted by Gasteiger charge is -2.21. The molecule has 2 aliphatic rings. The van der Waals surface area contributed by atoms with Crippen LogP contribution in [0.5, 0.6) is 11.5 Å². The van der Waals surface area contributed by atoms with E-state index in [1.54, 1.807) is 28.4 Å². The Morgan fingerprint density at radius 2 is 2.15 bits per heavy atom. The van der Waals surface area contributed by atoms with Crippen LogP contribution in [0.2, 0.25) is 0 Å². The second-order valence-electron chi connectivity index (χ2n) is 8.42. The van der Waals surface area contributed by atoms with E-state index in [0.717, 1.165) is 32.8 Å². The molecule has 1 fully saturated rings. The molecule has 0 N–H and O–H groups in total. The molecule has 34 heavy (non-hydrogen) atoms. The number of nitrogens with zero attached hydrogens (tertiary/aromatic N) is 4. The van der Waals surface area contributed by atoms with E-state index >= 15 is 0 Å². The molecule has 8 nitrogen and oxygen atoms in total. The molecule has 4 heterocycles. The SMILES string of the molecule is O=C(Cn1cccn1)N1CCOc2c(cc(-c3nc4ccccc4s3)cc2O[C@@H]2CCOC2)C1. The molecule has 1 atom stereocenters. The molecule has 0 bridgehead atoms. The molecule has 0 spiro atoms. The number of thiazole rings is 1. The summed E-state index contributed by atoms with van der Waals surface area (Å²) in [5, 5.41) is 5.08. The maximum absolute atomic E-state index is 13.0. The normalized spacial score (nSPS) is 17.9. The first-order chi connectivity index (χ1) is 16.7. The lowest BCUT2D eigenvalue weighted by Crippen LogP contribution is -2.35. The molecule has 1 saturated heterocycles. The minimum Gasteiger partial charge on any atom is -0.487 e. The van der Waals surface area contributed by atoms with Gasteiger partial charge in [0.05, 0.1) is 30.0 Å². The number of fused-ring (bicyclic) bond motifs is 2. The number of hydrogen-bond acceptors (Lipinski definition) is 7. The van der Waals surface area contributed by atoms with Crippen molar-refractivity contribution < 1.29 is 19.0 Å². The van der Waals surface area contributed by atoms with Crippen LogP contribution in [0.4, 0.5) is 0 Å². The van der Waals surface area contributed by atoms with Gasteiger partial charge in [0.2, 0.25) is 5.91 Å². The van der Waals surface area contributed by atoms with Crippen molar-refractivity contribution in [2.45, 2.75) is 25.6 Å². The summed E-state index contributed by atoms with van der Waals surface area (Å²) in [5.41, 5.74) is 2.84. The van der Waals surface area contributed by atoms with E-state index in [4.69, 9.17) is 19.2 Å². The number of aromatic nitrogens is 3. The number of rotatable bonds is 5. The van der Waals surface area contributed by atoms with Crippen molar-refractivity contribution in [3.8, 4) is 22.1 Å². The summed E-state index contributed by atoms with van der Waals surface area (Å²) in [7, 11) is 0. The van der Waals surface area contributed by atoms with Crippen LogP contribution in [0.25, 0.3) is 20.8 Å². The summed E-state index contributed by atoms with van der Waals surface area (Å²) in [6, 6.07) is 14.0. The van der Waals surface area contributed by atoms with Crippen molar-refractivity contribution in [3.05, 3.63) is 60.4 Å². The van der Waals surface area contributed by atoms with E-state index in [2.05, 4.69) is 17.2 Å². The van der Waals surface area contributed by atoms with Crippen LogP contribution in [0, 0.1) is 0 Å². The molecule has 2 aromatic carbocycles. The van der Waals surface area contributed by atoms with Crippen LogP contribution in [0.15, 0.2) is 54.9 Å². The Balaban J connectivity index is 1.37. The summed E-state index contributed by atoms with van der Waals surface area (Å²) in [4.78, 5) is 19.7. The number of carbonyl (C=O) groups is 1. The first-order valence-corrected chi connectivity index (χ1v) is 12.2. The molecule has 4 aromatic rings. The number of para-hydroxylation sites is 1. The molecular weight excluding hydrogens is 452 g/mol. The standard InChI is InChI=1S/C25H24N4O4S/c30-23(15-29-8-3-7-26-29)28-9-11-32-24-18(14-28)12-17(13-21(24)33-19-6-10-31-16-19)25-27-20-4-1-2-5-22(20)34-25/h1-5,7-8,12-13,19H,6,9-11,14-16H2/t19-/m1/s1. The van der Waals surface area contributed by atoms with Gasteiger partial charge in [-0.25, -0.2) is 4.98 Å². The van der Waals surface area contributed by atoms with Crippen LogP contribution in [-0.4, -0.2) is 58.0 Å². The maximum Gasteiger partial charge on any atom is 0.244 e. The van der Waals surface area contributed by atoms with E-state index in [9.17, 15) is 4.79 Å². The molecule has 0 aliphatic carbocycles. The first kappa shape index (κ1) is 21.1. The van der Waals surface area contributed by atoms with Crippen LogP contribution in [0.1, 0.15) is 12.0 Å². The highest BCUT2D eigenvalue weighted by Crippen LogP contribution is 2.41. The molecule has 2 aromatic heterocycles. The largest absolute Gasteiger partial charge is 0.487 e. The molecule has 9 heteroatoms. The highest BCUT2D eigenvalue weighted by atomic mass is 32.1. The second kappa shape index (κ2) is 9.08. The van der Waals surface area contributed by atoms with Gasteiger partial charge in [-0.1, -0.05) is 12.1 Å². The highest BCUT2D eigenvalue weighted by molar-refractivity contribution is 7.21. The average molecular weight is 477 g/mol. The van der Waals surface area contributed by atoms with Crippen molar-refractivity contribution in [2.75, 3.05) is 26.4 Å². The minimum atomic E-state index is -0.0147. The van der Waals surface area contributed by atoms with Crippen molar-refractivity contribution >= 4 is 27.5 Å². The molecule has 1 amide bonds. The zero-order chi connectivity index (χ0) is 22.9. The van der Waals surface area contributed by atoms with E-state index in [1.807, 2.05) is 35.2 Å². The summed E-state index contributed by atoms with van der Waals surface area (Å²) in [5.74, 6) is 1.38. The van der Waals surface area contributed by atoms with Gasteiger partial charge in [0.25, 0.3) is 0 Å². The monoisotopic (exact) mass is 476 g/mol.